The number of ether oxygens (including phenoxy) is 1. The van der Waals surface area contributed by atoms with E-state index >= 15 is 0 Å². The maximum Gasteiger partial charge on any atom is 0.315 e. The molecule has 1 aliphatic heterocycles. The summed E-state index contributed by atoms with van der Waals surface area (Å²) in [5.74, 6) is 0.654. The Morgan fingerprint density at radius 3 is 2.80 bits per heavy atom. The summed E-state index contributed by atoms with van der Waals surface area (Å²) in [6, 6.07) is 10.2. The predicted molar refractivity (Wildman–Crippen MR) is 94.7 cm³/mol. The van der Waals surface area contributed by atoms with Gasteiger partial charge < -0.3 is 15.4 Å². The van der Waals surface area contributed by atoms with Gasteiger partial charge >= 0.3 is 6.03 Å². The first-order valence-electron chi connectivity index (χ1n) is 9.04. The molecule has 0 spiro atoms. The molecule has 6 heteroatoms. The maximum atomic E-state index is 12.1. The molecule has 2 amide bonds. The van der Waals surface area contributed by atoms with Crippen LogP contribution in [0.15, 0.2) is 42.7 Å². The molecule has 2 aromatic rings. The smallest absolute Gasteiger partial charge is 0.315 e. The molecule has 1 aromatic heterocycles. The van der Waals surface area contributed by atoms with Crippen LogP contribution >= 0.6 is 0 Å². The molecule has 2 fully saturated rings. The highest BCUT2D eigenvalue weighted by Crippen LogP contribution is 2.38. The molecule has 4 rings (SSSR count). The van der Waals surface area contributed by atoms with Crippen LogP contribution in [0.5, 0.6) is 0 Å². The zero-order valence-corrected chi connectivity index (χ0v) is 14.2. The molecule has 1 saturated carbocycles. The van der Waals surface area contributed by atoms with Crippen LogP contribution in [-0.4, -0.2) is 41.1 Å². The van der Waals surface area contributed by atoms with E-state index in [1.807, 2.05) is 29.1 Å². The summed E-state index contributed by atoms with van der Waals surface area (Å²) in [7, 11) is 0. The van der Waals surface area contributed by atoms with Crippen LogP contribution < -0.4 is 10.6 Å². The van der Waals surface area contributed by atoms with Crippen molar-refractivity contribution in [2.75, 3.05) is 13.2 Å². The van der Waals surface area contributed by atoms with E-state index in [1.165, 1.54) is 18.4 Å². The standard InChI is InChI=1S/C19H24N4O2/c24-19(22-17-9-13-25-18(17)15-4-5-15)20-11-8-14-2-6-16(7-3-14)23-12-1-10-21-23/h1-3,6-7,10,12,15,17-18H,4-5,8-9,11,13H2,(H2,20,22,24)/t17-,18-/m0/s1. The van der Waals surface area contributed by atoms with Crippen molar-refractivity contribution in [3.05, 3.63) is 48.3 Å². The fourth-order valence-corrected chi connectivity index (χ4v) is 3.43. The first-order chi connectivity index (χ1) is 12.3. The highest BCUT2D eigenvalue weighted by Gasteiger charge is 2.41. The zero-order chi connectivity index (χ0) is 17.1. The number of hydrogen-bond donors (Lipinski definition) is 2. The van der Waals surface area contributed by atoms with Gasteiger partial charge in [-0.15, -0.1) is 0 Å². The molecule has 2 N–H and O–H groups in total. The topological polar surface area (TPSA) is 68.2 Å². The molecule has 25 heavy (non-hydrogen) atoms. The van der Waals surface area contributed by atoms with Gasteiger partial charge in [-0.05, 0) is 55.4 Å². The number of aromatic nitrogens is 2. The Kier molecular flexibility index (Phi) is 4.70. The summed E-state index contributed by atoms with van der Waals surface area (Å²) in [5, 5.41) is 10.2. The van der Waals surface area contributed by atoms with E-state index in [0.29, 0.717) is 12.5 Å². The van der Waals surface area contributed by atoms with E-state index in [0.717, 1.165) is 25.1 Å². The lowest BCUT2D eigenvalue weighted by Gasteiger charge is -2.19. The van der Waals surface area contributed by atoms with Crippen LogP contribution in [0.3, 0.4) is 0 Å². The van der Waals surface area contributed by atoms with Gasteiger partial charge in [0, 0.05) is 25.5 Å². The Labute approximate surface area is 147 Å². The summed E-state index contributed by atoms with van der Waals surface area (Å²) in [6.07, 6.45) is 8.10. The third-order valence-corrected chi connectivity index (χ3v) is 4.94. The van der Waals surface area contributed by atoms with E-state index in [1.54, 1.807) is 6.20 Å². The van der Waals surface area contributed by atoms with Crippen molar-refractivity contribution in [1.82, 2.24) is 20.4 Å². The summed E-state index contributed by atoms with van der Waals surface area (Å²) < 4.78 is 7.59. The number of benzene rings is 1. The van der Waals surface area contributed by atoms with E-state index < -0.39 is 0 Å². The molecule has 6 nitrogen and oxygen atoms in total. The van der Waals surface area contributed by atoms with Crippen LogP contribution in [0.4, 0.5) is 4.79 Å². The summed E-state index contributed by atoms with van der Waals surface area (Å²) in [5.41, 5.74) is 2.23. The number of carbonyl (C=O) groups is 1. The van der Waals surface area contributed by atoms with E-state index in [2.05, 4.69) is 27.9 Å². The Balaban J connectivity index is 1.21. The van der Waals surface area contributed by atoms with Crippen molar-refractivity contribution < 1.29 is 9.53 Å². The fourth-order valence-electron chi connectivity index (χ4n) is 3.43. The largest absolute Gasteiger partial charge is 0.376 e. The quantitative estimate of drug-likeness (QED) is 0.848. The van der Waals surface area contributed by atoms with Crippen LogP contribution in [0.25, 0.3) is 5.69 Å². The summed E-state index contributed by atoms with van der Waals surface area (Å²) in [6.45, 7) is 1.38. The first-order valence-corrected chi connectivity index (χ1v) is 9.04. The van der Waals surface area contributed by atoms with Crippen LogP contribution in [0, 0.1) is 5.92 Å². The SMILES string of the molecule is O=C(NCCc1ccc(-n2cccn2)cc1)N[C@H]1CCO[C@H]1C1CC1. The number of urea groups is 1. The normalized spacial score (nSPS) is 22.7. The van der Waals surface area contributed by atoms with Gasteiger partial charge in [-0.3, -0.25) is 0 Å². The Bertz CT molecular complexity index is 695. The third kappa shape index (κ3) is 4.02. The van der Waals surface area contributed by atoms with Crippen molar-refractivity contribution in [2.24, 2.45) is 5.92 Å². The van der Waals surface area contributed by atoms with E-state index in [-0.39, 0.29) is 18.2 Å². The molecule has 2 atom stereocenters. The minimum Gasteiger partial charge on any atom is -0.376 e. The third-order valence-electron chi connectivity index (χ3n) is 4.94. The van der Waals surface area contributed by atoms with Crippen molar-refractivity contribution in [3.63, 3.8) is 0 Å². The van der Waals surface area contributed by atoms with Crippen LogP contribution in [-0.2, 0) is 11.2 Å². The Morgan fingerprint density at radius 1 is 1.24 bits per heavy atom. The summed E-state index contributed by atoms with van der Waals surface area (Å²) in [4.78, 5) is 12.1. The number of hydrogen-bond acceptors (Lipinski definition) is 3. The Morgan fingerprint density at radius 2 is 2.08 bits per heavy atom. The number of carbonyl (C=O) groups excluding carboxylic acids is 1. The van der Waals surface area contributed by atoms with Gasteiger partial charge in [-0.2, -0.15) is 5.10 Å². The first kappa shape index (κ1) is 16.1. The fraction of sp³-hybridized carbons (Fsp3) is 0.474. The minimum atomic E-state index is -0.0886. The van der Waals surface area contributed by atoms with Crippen molar-refractivity contribution in [2.45, 2.75) is 37.8 Å². The Hall–Kier alpha value is -2.34. The van der Waals surface area contributed by atoms with Crippen LogP contribution in [0.1, 0.15) is 24.8 Å². The second-order valence-electron chi connectivity index (χ2n) is 6.84. The van der Waals surface area contributed by atoms with Gasteiger partial charge in [0.1, 0.15) is 0 Å². The molecular weight excluding hydrogens is 316 g/mol. The van der Waals surface area contributed by atoms with Gasteiger partial charge in [0.2, 0.25) is 0 Å². The average Bonchev–Trinajstić information content (AvgIpc) is 3.12. The molecule has 0 radical (unpaired) electrons. The van der Waals surface area contributed by atoms with Crippen molar-refractivity contribution in [3.8, 4) is 5.69 Å². The summed E-state index contributed by atoms with van der Waals surface area (Å²) >= 11 is 0. The second kappa shape index (κ2) is 7.27. The highest BCUT2D eigenvalue weighted by molar-refractivity contribution is 5.74. The molecule has 2 aliphatic rings. The zero-order valence-electron chi connectivity index (χ0n) is 14.2. The molecule has 1 aromatic carbocycles. The predicted octanol–water partition coefficient (Wildman–Crippen LogP) is 2.28. The lowest BCUT2D eigenvalue weighted by molar-refractivity contribution is 0.0825. The van der Waals surface area contributed by atoms with Gasteiger partial charge in [0.15, 0.2) is 0 Å². The monoisotopic (exact) mass is 340 g/mol. The van der Waals surface area contributed by atoms with Gasteiger partial charge in [0.25, 0.3) is 0 Å². The lowest BCUT2D eigenvalue weighted by atomic mass is 10.1. The number of rotatable bonds is 6. The molecule has 1 aliphatic carbocycles. The molecule has 1 saturated heterocycles. The molecule has 2 heterocycles. The van der Waals surface area contributed by atoms with Gasteiger partial charge in [-0.1, -0.05) is 12.1 Å². The van der Waals surface area contributed by atoms with Crippen molar-refractivity contribution in [1.29, 1.82) is 0 Å². The van der Waals surface area contributed by atoms with E-state index in [4.69, 9.17) is 4.74 Å². The second-order valence-corrected chi connectivity index (χ2v) is 6.84. The van der Waals surface area contributed by atoms with Crippen molar-refractivity contribution >= 4 is 6.03 Å². The van der Waals surface area contributed by atoms with Gasteiger partial charge in [0.05, 0.1) is 17.8 Å². The lowest BCUT2D eigenvalue weighted by Crippen LogP contribution is -2.46. The maximum absolute atomic E-state index is 12.1. The van der Waals surface area contributed by atoms with E-state index in [9.17, 15) is 4.79 Å². The molecule has 132 valence electrons. The molecule has 0 unspecified atom stereocenters. The highest BCUT2D eigenvalue weighted by atomic mass is 16.5. The average molecular weight is 340 g/mol. The number of amides is 2. The number of nitrogens with one attached hydrogen (secondary N) is 2. The van der Waals surface area contributed by atoms with Gasteiger partial charge in [-0.25, -0.2) is 9.48 Å². The van der Waals surface area contributed by atoms with Crippen LogP contribution in [0.2, 0.25) is 0 Å². The molecular formula is C19H24N4O2. The molecule has 0 bridgehead atoms. The number of nitrogens with zero attached hydrogens (tertiary/aromatic N) is 2. The minimum absolute atomic E-state index is 0.0886.